The first kappa shape index (κ1) is 23.8. The molecule has 0 amide bonds. The largest absolute Gasteiger partial charge is 0.388 e. The molecule has 2 saturated heterocycles. The van der Waals surface area contributed by atoms with Gasteiger partial charge in [0.25, 0.3) is 0 Å². The van der Waals surface area contributed by atoms with Gasteiger partial charge in [-0.25, -0.2) is 0 Å². The number of anilines is 1. The van der Waals surface area contributed by atoms with Gasteiger partial charge in [-0.3, -0.25) is 0 Å². The van der Waals surface area contributed by atoms with E-state index in [1.807, 2.05) is 0 Å². The Morgan fingerprint density at radius 3 is 1.86 bits per heavy atom. The highest BCUT2D eigenvalue weighted by Gasteiger charge is 2.19. The summed E-state index contributed by atoms with van der Waals surface area (Å²) in [7, 11) is 0. The Hall–Kier alpha value is -2.88. The van der Waals surface area contributed by atoms with E-state index < -0.39 is 0 Å². The number of rotatable bonds is 8. The van der Waals surface area contributed by atoms with E-state index in [2.05, 4.69) is 94.7 Å². The van der Waals surface area contributed by atoms with E-state index in [1.165, 1.54) is 35.2 Å². The van der Waals surface area contributed by atoms with Gasteiger partial charge in [0.05, 0.1) is 6.10 Å². The van der Waals surface area contributed by atoms with Crippen molar-refractivity contribution in [1.29, 1.82) is 0 Å². The fourth-order valence-corrected chi connectivity index (χ4v) is 5.64. The summed E-state index contributed by atoms with van der Waals surface area (Å²) in [5.74, 6) is 0. The quantitative estimate of drug-likeness (QED) is 0.400. The van der Waals surface area contributed by atoms with Gasteiger partial charge in [0.2, 0.25) is 0 Å². The summed E-state index contributed by atoms with van der Waals surface area (Å²) < 4.78 is 0. The highest BCUT2D eigenvalue weighted by molar-refractivity contribution is 5.82. The van der Waals surface area contributed by atoms with Crippen molar-refractivity contribution in [1.82, 2.24) is 4.90 Å². The molecular weight excluding hydrogens is 428 g/mol. The van der Waals surface area contributed by atoms with Crippen molar-refractivity contribution >= 4 is 11.3 Å². The lowest BCUT2D eigenvalue weighted by Gasteiger charge is -2.30. The molecule has 0 saturated carbocycles. The number of hydrogen-bond acceptors (Lipinski definition) is 3. The number of nitrogens with zero attached hydrogens (tertiary/aromatic N) is 2. The van der Waals surface area contributed by atoms with Gasteiger partial charge < -0.3 is 14.9 Å². The molecule has 3 heteroatoms. The van der Waals surface area contributed by atoms with Crippen LogP contribution in [-0.4, -0.2) is 42.7 Å². The lowest BCUT2D eigenvalue weighted by Crippen LogP contribution is -2.32. The van der Waals surface area contributed by atoms with Crippen LogP contribution in [0.15, 0.2) is 90.5 Å². The van der Waals surface area contributed by atoms with Crippen LogP contribution < -0.4 is 4.90 Å². The molecule has 1 atom stereocenters. The maximum absolute atomic E-state index is 10.7. The molecule has 1 unspecified atom stereocenters. The molecule has 0 aliphatic carbocycles. The zero-order valence-corrected chi connectivity index (χ0v) is 20.8. The topological polar surface area (TPSA) is 26.7 Å². The molecule has 0 bridgehead atoms. The Bertz CT molecular complexity index is 1030. The molecule has 2 fully saturated rings. The number of aliphatic hydroxyl groups is 1. The van der Waals surface area contributed by atoms with E-state index in [1.54, 1.807) is 5.57 Å². The summed E-state index contributed by atoms with van der Waals surface area (Å²) in [5, 5.41) is 10.7. The summed E-state index contributed by atoms with van der Waals surface area (Å²) in [4.78, 5) is 5.01. The van der Waals surface area contributed by atoms with E-state index in [0.717, 1.165) is 64.0 Å². The van der Waals surface area contributed by atoms with E-state index in [-0.39, 0.29) is 6.10 Å². The predicted molar refractivity (Wildman–Crippen MR) is 147 cm³/mol. The molecule has 0 radical (unpaired) electrons. The van der Waals surface area contributed by atoms with Gasteiger partial charge in [-0.15, -0.1) is 0 Å². The highest BCUT2D eigenvalue weighted by Crippen LogP contribution is 2.32. The first-order valence-corrected chi connectivity index (χ1v) is 13.4. The molecule has 182 valence electrons. The summed E-state index contributed by atoms with van der Waals surface area (Å²) in [6.45, 7) is 5.57. The first-order valence-electron chi connectivity index (χ1n) is 13.4. The molecule has 1 N–H and O–H groups in total. The molecule has 2 aliphatic heterocycles. The fraction of sp³-hybridized carbons (Fsp3) is 0.375. The van der Waals surface area contributed by atoms with Crippen LogP contribution in [0.5, 0.6) is 0 Å². The second-order valence-corrected chi connectivity index (χ2v) is 10.00. The number of piperidine rings is 1. The summed E-state index contributed by atoms with van der Waals surface area (Å²) >= 11 is 0. The summed E-state index contributed by atoms with van der Waals surface area (Å²) in [6.07, 6.45) is 6.28. The molecule has 0 aromatic heterocycles. The molecular formula is C32H38N2O. The van der Waals surface area contributed by atoms with Crippen LogP contribution in [0.3, 0.4) is 0 Å². The van der Waals surface area contributed by atoms with E-state index in [9.17, 15) is 5.11 Å². The molecule has 0 spiro atoms. The van der Waals surface area contributed by atoms with Crippen molar-refractivity contribution in [2.24, 2.45) is 0 Å². The summed E-state index contributed by atoms with van der Waals surface area (Å²) in [6, 6.07) is 30.3. The fourth-order valence-electron chi connectivity index (χ4n) is 5.64. The average Bonchev–Trinajstić information content (AvgIpc) is 3.46. The van der Waals surface area contributed by atoms with Crippen LogP contribution in [0.1, 0.15) is 61.3 Å². The number of likely N-dealkylation sites (tertiary alicyclic amines) is 1. The Morgan fingerprint density at radius 1 is 0.714 bits per heavy atom. The molecule has 5 rings (SSSR count). The maximum Gasteiger partial charge on any atom is 0.0790 e. The van der Waals surface area contributed by atoms with Gasteiger partial charge in [-0.2, -0.15) is 0 Å². The lowest BCUT2D eigenvalue weighted by molar-refractivity contribution is 0.153. The molecule has 3 aromatic carbocycles. The second-order valence-electron chi connectivity index (χ2n) is 10.00. The van der Waals surface area contributed by atoms with Crippen molar-refractivity contribution in [2.75, 3.05) is 37.6 Å². The van der Waals surface area contributed by atoms with Gasteiger partial charge in [0.15, 0.2) is 0 Å². The minimum Gasteiger partial charge on any atom is -0.388 e. The zero-order chi connectivity index (χ0) is 23.9. The van der Waals surface area contributed by atoms with Gasteiger partial charge in [0, 0.05) is 31.9 Å². The smallest absolute Gasteiger partial charge is 0.0790 e. The van der Waals surface area contributed by atoms with Crippen molar-refractivity contribution in [3.8, 4) is 0 Å². The third-order valence-corrected chi connectivity index (χ3v) is 7.64. The summed E-state index contributed by atoms with van der Waals surface area (Å²) in [5.41, 5.74) is 7.96. The predicted octanol–water partition coefficient (Wildman–Crippen LogP) is 6.70. The van der Waals surface area contributed by atoms with Crippen molar-refractivity contribution in [3.05, 3.63) is 107 Å². The van der Waals surface area contributed by atoms with Gasteiger partial charge in [-0.05, 0) is 79.5 Å². The number of benzene rings is 3. The zero-order valence-electron chi connectivity index (χ0n) is 20.8. The van der Waals surface area contributed by atoms with Crippen LogP contribution in [-0.2, 0) is 0 Å². The van der Waals surface area contributed by atoms with Crippen LogP contribution in [0.4, 0.5) is 5.69 Å². The molecule has 2 heterocycles. The maximum atomic E-state index is 10.7. The van der Waals surface area contributed by atoms with E-state index in [0.29, 0.717) is 0 Å². The Labute approximate surface area is 210 Å². The first-order chi connectivity index (χ1) is 17.3. The Morgan fingerprint density at radius 2 is 1.29 bits per heavy atom. The SMILES string of the molecule is OC(CCCN1CCC(=C(c2ccccc2)c2ccccc2)CC1)c1ccc(N2CCCC2)cc1. The van der Waals surface area contributed by atoms with Crippen LogP contribution in [0, 0.1) is 0 Å². The number of aliphatic hydroxyl groups excluding tert-OH is 1. The minimum atomic E-state index is -0.370. The third kappa shape index (κ3) is 6.04. The van der Waals surface area contributed by atoms with E-state index >= 15 is 0 Å². The standard InChI is InChI=1S/C32H38N2O/c35-31(26-15-17-30(18-16-26)34-22-7-8-23-34)14-9-21-33-24-19-29(20-25-33)32(27-10-3-1-4-11-27)28-12-5-2-6-13-28/h1-6,10-13,15-18,31,35H,7-9,14,19-25H2. The van der Waals surface area contributed by atoms with Crippen molar-refractivity contribution in [2.45, 2.75) is 44.6 Å². The van der Waals surface area contributed by atoms with Crippen LogP contribution >= 0.6 is 0 Å². The van der Waals surface area contributed by atoms with Crippen molar-refractivity contribution < 1.29 is 5.11 Å². The molecule has 35 heavy (non-hydrogen) atoms. The minimum absolute atomic E-state index is 0.370. The van der Waals surface area contributed by atoms with E-state index in [4.69, 9.17) is 0 Å². The lowest BCUT2D eigenvalue weighted by atomic mass is 9.88. The highest BCUT2D eigenvalue weighted by atomic mass is 16.3. The Kier molecular flexibility index (Phi) is 7.97. The van der Waals surface area contributed by atoms with Gasteiger partial charge in [0.1, 0.15) is 0 Å². The Balaban J connectivity index is 1.14. The molecule has 3 aromatic rings. The van der Waals surface area contributed by atoms with Gasteiger partial charge in [-0.1, -0.05) is 78.4 Å². The van der Waals surface area contributed by atoms with Crippen LogP contribution in [0.25, 0.3) is 5.57 Å². The van der Waals surface area contributed by atoms with Crippen LogP contribution in [0.2, 0.25) is 0 Å². The third-order valence-electron chi connectivity index (χ3n) is 7.64. The van der Waals surface area contributed by atoms with Gasteiger partial charge >= 0.3 is 0 Å². The second kappa shape index (κ2) is 11.7. The average molecular weight is 467 g/mol. The normalized spacial score (nSPS) is 17.5. The number of hydrogen-bond donors (Lipinski definition) is 1. The molecule has 2 aliphatic rings. The monoisotopic (exact) mass is 466 g/mol. The van der Waals surface area contributed by atoms with Crippen molar-refractivity contribution in [3.63, 3.8) is 0 Å². The molecule has 3 nitrogen and oxygen atoms in total.